The average molecular weight is 234 g/mol. The van der Waals surface area contributed by atoms with Crippen molar-refractivity contribution in [2.75, 3.05) is 18.1 Å². The first-order chi connectivity index (χ1) is 6.77. The Labute approximate surface area is 94.1 Å². The Morgan fingerprint density at radius 1 is 1.50 bits per heavy atom. The van der Waals surface area contributed by atoms with E-state index in [-0.39, 0.29) is 17.2 Å². The lowest BCUT2D eigenvalue weighted by atomic mass is 10.1. The molecular weight excluding hydrogens is 218 g/mol. The molecule has 2 unspecified atom stereocenters. The van der Waals surface area contributed by atoms with Gasteiger partial charge in [-0.2, -0.15) is 11.8 Å². The molecule has 0 bridgehead atoms. The van der Waals surface area contributed by atoms with Gasteiger partial charge in [-0.15, -0.1) is 11.6 Å². The Hall–Kier alpha value is 0.110. The summed E-state index contributed by atoms with van der Waals surface area (Å²) in [6, 6.07) is 0. The first-order valence-electron chi connectivity index (χ1n) is 5.27. The normalized spacial score (nSPS) is 28.8. The third kappa shape index (κ3) is 2.80. The molecule has 1 aliphatic heterocycles. The van der Waals surface area contributed by atoms with Crippen LogP contribution < -0.4 is 5.32 Å². The first kappa shape index (κ1) is 10.6. The average Bonchev–Trinajstić information content (AvgIpc) is 2.90. The van der Waals surface area contributed by atoms with E-state index in [2.05, 4.69) is 5.32 Å². The Morgan fingerprint density at radius 2 is 2.29 bits per heavy atom. The van der Waals surface area contributed by atoms with Crippen LogP contribution >= 0.6 is 23.4 Å². The molecule has 1 saturated carbocycles. The highest BCUT2D eigenvalue weighted by atomic mass is 35.5. The Kier molecular flexibility index (Phi) is 3.61. The maximum Gasteiger partial charge on any atom is 0.224 e. The summed E-state index contributed by atoms with van der Waals surface area (Å²) < 4.78 is 0. The van der Waals surface area contributed by atoms with Crippen LogP contribution in [0.15, 0.2) is 0 Å². The van der Waals surface area contributed by atoms with E-state index in [0.29, 0.717) is 12.5 Å². The highest BCUT2D eigenvalue weighted by Gasteiger charge is 2.30. The summed E-state index contributed by atoms with van der Waals surface area (Å²) in [5, 5.41) is 3.12. The standard InChI is InChI=1S/C10H16ClNOS/c11-9(7-1-2-7)5-12-10(13)8-3-4-14-6-8/h7-9H,1-6H2,(H,12,13). The molecule has 4 heteroatoms. The first-order valence-corrected chi connectivity index (χ1v) is 6.86. The minimum Gasteiger partial charge on any atom is -0.354 e. The molecule has 0 aromatic carbocycles. The molecule has 1 saturated heterocycles. The van der Waals surface area contributed by atoms with Crippen LogP contribution in [0.3, 0.4) is 0 Å². The molecule has 2 rings (SSSR count). The van der Waals surface area contributed by atoms with Gasteiger partial charge < -0.3 is 5.32 Å². The fraction of sp³-hybridized carbons (Fsp3) is 0.900. The zero-order valence-electron chi connectivity index (χ0n) is 8.17. The van der Waals surface area contributed by atoms with E-state index in [1.165, 1.54) is 12.8 Å². The van der Waals surface area contributed by atoms with Crippen molar-refractivity contribution in [3.63, 3.8) is 0 Å². The summed E-state index contributed by atoms with van der Waals surface area (Å²) in [7, 11) is 0. The van der Waals surface area contributed by atoms with Gasteiger partial charge in [0.15, 0.2) is 0 Å². The fourth-order valence-corrected chi connectivity index (χ4v) is 3.26. The molecule has 1 N–H and O–H groups in total. The van der Waals surface area contributed by atoms with Crippen LogP contribution in [0.5, 0.6) is 0 Å². The molecule has 1 heterocycles. The van der Waals surface area contributed by atoms with Crippen molar-refractivity contribution >= 4 is 29.3 Å². The molecule has 1 amide bonds. The Morgan fingerprint density at radius 3 is 2.86 bits per heavy atom. The zero-order chi connectivity index (χ0) is 9.97. The van der Waals surface area contributed by atoms with Gasteiger partial charge >= 0.3 is 0 Å². The molecule has 2 nitrogen and oxygen atoms in total. The molecule has 0 aromatic heterocycles. The van der Waals surface area contributed by atoms with Crippen LogP contribution in [-0.4, -0.2) is 29.3 Å². The number of nitrogens with one attached hydrogen (secondary N) is 1. The van der Waals surface area contributed by atoms with E-state index in [1.54, 1.807) is 0 Å². The second-order valence-corrected chi connectivity index (χ2v) is 5.87. The van der Waals surface area contributed by atoms with Gasteiger partial charge in [0, 0.05) is 18.2 Å². The number of carbonyl (C=O) groups is 1. The molecule has 0 spiro atoms. The maximum atomic E-state index is 11.6. The van der Waals surface area contributed by atoms with Gasteiger partial charge in [-0.3, -0.25) is 4.79 Å². The van der Waals surface area contributed by atoms with E-state index in [4.69, 9.17) is 11.6 Å². The van der Waals surface area contributed by atoms with Gasteiger partial charge in [-0.25, -0.2) is 0 Å². The summed E-state index contributed by atoms with van der Waals surface area (Å²) in [6.07, 6.45) is 3.51. The van der Waals surface area contributed by atoms with Crippen molar-refractivity contribution < 1.29 is 4.79 Å². The van der Waals surface area contributed by atoms with Crippen molar-refractivity contribution in [2.24, 2.45) is 11.8 Å². The van der Waals surface area contributed by atoms with E-state index >= 15 is 0 Å². The quantitative estimate of drug-likeness (QED) is 0.752. The lowest BCUT2D eigenvalue weighted by molar-refractivity contribution is -0.124. The second kappa shape index (κ2) is 4.75. The smallest absolute Gasteiger partial charge is 0.224 e. The van der Waals surface area contributed by atoms with Gasteiger partial charge in [-0.1, -0.05) is 0 Å². The second-order valence-electron chi connectivity index (χ2n) is 4.16. The summed E-state index contributed by atoms with van der Waals surface area (Å²) in [4.78, 5) is 11.6. The molecule has 80 valence electrons. The number of hydrogen-bond donors (Lipinski definition) is 1. The van der Waals surface area contributed by atoms with E-state index in [1.807, 2.05) is 11.8 Å². The monoisotopic (exact) mass is 233 g/mol. The van der Waals surface area contributed by atoms with E-state index in [0.717, 1.165) is 17.9 Å². The van der Waals surface area contributed by atoms with Gasteiger partial charge in [0.05, 0.1) is 5.38 Å². The van der Waals surface area contributed by atoms with E-state index < -0.39 is 0 Å². The Balaban J connectivity index is 1.66. The molecule has 1 aliphatic carbocycles. The molecule has 2 atom stereocenters. The molecule has 2 aliphatic rings. The number of rotatable bonds is 4. The topological polar surface area (TPSA) is 29.1 Å². The van der Waals surface area contributed by atoms with Crippen molar-refractivity contribution in [1.29, 1.82) is 0 Å². The van der Waals surface area contributed by atoms with Gasteiger partial charge in [0.1, 0.15) is 0 Å². The van der Waals surface area contributed by atoms with Crippen molar-refractivity contribution in [3.05, 3.63) is 0 Å². The number of alkyl halides is 1. The van der Waals surface area contributed by atoms with Crippen molar-refractivity contribution in [3.8, 4) is 0 Å². The summed E-state index contributed by atoms with van der Waals surface area (Å²) >= 11 is 7.98. The maximum absolute atomic E-state index is 11.6. The molecule has 14 heavy (non-hydrogen) atoms. The summed E-state index contributed by atoms with van der Waals surface area (Å²) in [6.45, 7) is 0.659. The van der Waals surface area contributed by atoms with Crippen LogP contribution in [0.2, 0.25) is 0 Å². The number of amides is 1. The van der Waals surface area contributed by atoms with Crippen LogP contribution in [0.1, 0.15) is 19.3 Å². The van der Waals surface area contributed by atoms with Gasteiger partial charge in [0.25, 0.3) is 0 Å². The predicted octanol–water partition coefficient (Wildman–Crippen LogP) is 1.87. The fourth-order valence-electron chi connectivity index (χ4n) is 1.71. The predicted molar refractivity (Wildman–Crippen MR) is 60.8 cm³/mol. The molecule has 2 fully saturated rings. The molecule has 0 aromatic rings. The highest BCUT2D eigenvalue weighted by Crippen LogP contribution is 2.35. The lowest BCUT2D eigenvalue weighted by Crippen LogP contribution is -2.35. The number of hydrogen-bond acceptors (Lipinski definition) is 2. The van der Waals surface area contributed by atoms with Crippen LogP contribution in [0.25, 0.3) is 0 Å². The number of thioether (sulfide) groups is 1. The highest BCUT2D eigenvalue weighted by molar-refractivity contribution is 7.99. The SMILES string of the molecule is O=C(NCC(Cl)C1CC1)C1CCSC1. The van der Waals surface area contributed by atoms with Crippen LogP contribution in [0.4, 0.5) is 0 Å². The minimum atomic E-state index is 0.160. The van der Waals surface area contributed by atoms with Gasteiger partial charge in [-0.05, 0) is 30.9 Å². The third-order valence-corrected chi connectivity index (χ3v) is 4.58. The summed E-state index contributed by atoms with van der Waals surface area (Å²) in [5.74, 6) is 3.23. The zero-order valence-corrected chi connectivity index (χ0v) is 9.74. The number of halogens is 1. The largest absolute Gasteiger partial charge is 0.354 e. The lowest BCUT2D eigenvalue weighted by Gasteiger charge is -2.12. The van der Waals surface area contributed by atoms with E-state index in [9.17, 15) is 4.79 Å². The van der Waals surface area contributed by atoms with Gasteiger partial charge in [0.2, 0.25) is 5.91 Å². The molecular formula is C10H16ClNOS. The summed E-state index contributed by atoms with van der Waals surface area (Å²) in [5.41, 5.74) is 0. The Bertz CT molecular complexity index is 214. The van der Waals surface area contributed by atoms with Crippen molar-refractivity contribution in [1.82, 2.24) is 5.32 Å². The third-order valence-electron chi connectivity index (χ3n) is 2.91. The number of carbonyl (C=O) groups excluding carboxylic acids is 1. The van der Waals surface area contributed by atoms with Crippen molar-refractivity contribution in [2.45, 2.75) is 24.6 Å². The van der Waals surface area contributed by atoms with Crippen LogP contribution in [-0.2, 0) is 4.79 Å². The minimum absolute atomic E-state index is 0.160. The molecule has 0 radical (unpaired) electrons. The van der Waals surface area contributed by atoms with Crippen LogP contribution in [0, 0.1) is 11.8 Å².